The summed E-state index contributed by atoms with van der Waals surface area (Å²) in [5, 5.41) is 9.26. The first-order chi connectivity index (χ1) is 39.5. The number of likely N-dealkylation sites (N-methyl/N-ethyl adjacent to an activating group) is 4. The molecule has 1 aliphatic rings. The lowest BCUT2D eigenvalue weighted by Crippen LogP contribution is -2.47. The fraction of sp³-hybridized carbons (Fsp3) is 0.694. The highest BCUT2D eigenvalue weighted by molar-refractivity contribution is 5.33. The van der Waals surface area contributed by atoms with E-state index in [1.165, 1.54) is 22.3 Å². The summed E-state index contributed by atoms with van der Waals surface area (Å²) in [5.41, 5.74) is 6.73. The quantitative estimate of drug-likeness (QED) is 0.101. The monoisotopic (exact) mass is 1160 g/mol. The van der Waals surface area contributed by atoms with Crippen molar-refractivity contribution in [2.45, 2.75) is 211 Å². The van der Waals surface area contributed by atoms with Crippen LogP contribution in [0.25, 0.3) is 0 Å². The van der Waals surface area contributed by atoms with Gasteiger partial charge in [0, 0.05) is 73.6 Å². The van der Waals surface area contributed by atoms with Crippen LogP contribution in [0.2, 0.25) is 0 Å². The van der Waals surface area contributed by atoms with Gasteiger partial charge >= 0.3 is 0 Å². The van der Waals surface area contributed by atoms with E-state index in [0.29, 0.717) is 63.2 Å². The molecule has 0 spiro atoms. The highest BCUT2D eigenvalue weighted by Crippen LogP contribution is 2.23. The summed E-state index contributed by atoms with van der Waals surface area (Å²) in [6, 6.07) is 19.0. The Morgan fingerprint density at radius 3 is 1.02 bits per heavy atom. The lowest BCUT2D eigenvalue weighted by Gasteiger charge is -2.37. The van der Waals surface area contributed by atoms with Crippen molar-refractivity contribution < 1.29 is 18.9 Å². The smallest absolute Gasteiger partial charge is 0.0743 e. The molecule has 0 amide bonds. The molecule has 8 atom stereocenters. The van der Waals surface area contributed by atoms with Gasteiger partial charge in [0.05, 0.1) is 87.5 Å². The Labute approximate surface area is 512 Å². The minimum absolute atomic E-state index is 0.0236. The van der Waals surface area contributed by atoms with Crippen molar-refractivity contribution in [3.8, 4) is 23.7 Å². The third kappa shape index (κ3) is 27.1. The van der Waals surface area contributed by atoms with Gasteiger partial charge in [0.2, 0.25) is 0 Å². The summed E-state index contributed by atoms with van der Waals surface area (Å²) in [6.45, 7) is 43.1. The summed E-state index contributed by atoms with van der Waals surface area (Å²) in [4.78, 5) is 10.0. The van der Waals surface area contributed by atoms with Crippen molar-refractivity contribution in [2.24, 2.45) is 34.5 Å². The van der Waals surface area contributed by atoms with Gasteiger partial charge in [-0.3, -0.25) is 29.0 Å². The van der Waals surface area contributed by atoms with E-state index in [-0.39, 0.29) is 59.4 Å². The molecule has 1 fully saturated rings. The maximum Gasteiger partial charge on any atom is 0.0743 e. The normalized spacial score (nSPS) is 23.8. The van der Waals surface area contributed by atoms with Crippen LogP contribution in [0.15, 0.2) is 73.3 Å². The van der Waals surface area contributed by atoms with Gasteiger partial charge in [0.15, 0.2) is 0 Å². The Hall–Kier alpha value is -4.34. The zero-order valence-electron chi connectivity index (χ0n) is 56.4. The highest BCUT2D eigenvalue weighted by atomic mass is 16.5. The molecule has 1 aliphatic heterocycles. The minimum atomic E-state index is -0.0563. The van der Waals surface area contributed by atoms with E-state index in [0.717, 1.165) is 75.8 Å². The topological polar surface area (TPSA) is 85.5 Å². The summed E-state index contributed by atoms with van der Waals surface area (Å²) >= 11 is 0. The van der Waals surface area contributed by atoms with Crippen molar-refractivity contribution >= 4 is 0 Å². The maximum atomic E-state index is 7.23. The molecule has 4 aromatic rings. The lowest BCUT2D eigenvalue weighted by atomic mass is 9.98. The molecule has 0 aliphatic carbocycles. The molecule has 0 unspecified atom stereocenters. The van der Waals surface area contributed by atoms with Crippen LogP contribution in [-0.2, 0) is 44.9 Å². The van der Waals surface area contributed by atoms with Crippen LogP contribution >= 0.6 is 0 Å². The number of hydrogen-bond donors (Lipinski definition) is 0. The average molecular weight is 1160 g/mol. The fourth-order valence-corrected chi connectivity index (χ4v) is 11.2. The number of rotatable bonds is 16. The van der Waals surface area contributed by atoms with Gasteiger partial charge in [0.25, 0.3) is 0 Å². The number of benzene rings is 2. The molecule has 12 nitrogen and oxygen atoms in total. The Kier molecular flexibility index (Phi) is 28.7. The Morgan fingerprint density at radius 2 is 0.726 bits per heavy atom. The van der Waals surface area contributed by atoms with E-state index in [9.17, 15) is 0 Å². The van der Waals surface area contributed by atoms with Crippen molar-refractivity contribution in [1.29, 1.82) is 0 Å². The van der Waals surface area contributed by atoms with Crippen LogP contribution in [0.4, 0.5) is 0 Å². The zero-order valence-corrected chi connectivity index (χ0v) is 56.4. The van der Waals surface area contributed by atoms with Crippen LogP contribution in [-0.4, -0.2) is 169 Å². The Morgan fingerprint density at radius 1 is 0.440 bits per heavy atom. The van der Waals surface area contributed by atoms with Gasteiger partial charge in [-0.2, -0.15) is 10.2 Å². The molecule has 1 saturated heterocycles. The second-order valence-electron chi connectivity index (χ2n) is 29.0. The van der Waals surface area contributed by atoms with E-state index in [4.69, 9.17) is 18.9 Å². The van der Waals surface area contributed by atoms with Crippen LogP contribution in [0, 0.1) is 58.2 Å². The van der Waals surface area contributed by atoms with Crippen molar-refractivity contribution in [2.75, 3.05) is 80.8 Å². The molecule has 84 heavy (non-hydrogen) atoms. The molecular weight excluding hydrogens is 1040 g/mol. The van der Waals surface area contributed by atoms with Crippen molar-refractivity contribution in [1.82, 2.24) is 39.2 Å². The second-order valence-corrected chi connectivity index (χ2v) is 29.0. The molecule has 3 heterocycles. The molecule has 0 saturated carbocycles. The van der Waals surface area contributed by atoms with Crippen LogP contribution in [0.5, 0.6) is 0 Å². The molecule has 468 valence electrons. The third-order valence-corrected chi connectivity index (χ3v) is 15.8. The molecule has 5 rings (SSSR count). The molecule has 2 aromatic heterocycles. The van der Waals surface area contributed by atoms with Gasteiger partial charge in [-0.15, -0.1) is 0 Å². The van der Waals surface area contributed by atoms with Gasteiger partial charge < -0.3 is 18.9 Å². The molecule has 0 radical (unpaired) electrons. The molecule has 0 N–H and O–H groups in total. The summed E-state index contributed by atoms with van der Waals surface area (Å²) in [5.74, 6) is 15.3. The van der Waals surface area contributed by atoms with Gasteiger partial charge in [-0.25, -0.2) is 0 Å². The SMILES string of the molecule is CC(C)C[C@H]1CO[C@H](C)CN(C)[C@@H](CC(C)C)CO[C@H](Cc2ccc(Cn3cc(C#CC(C)(C)C)cn3)cc2)CN(C)[C@@H](CC(C)C)CO[C@H](C)CN(C)[C@@H](CC(C)C)CO[C@H](Cc2ccc(Cn3cc(C#CC(C)(C)C)cn3)cc2)CN1C. The predicted molar refractivity (Wildman–Crippen MR) is 349 cm³/mol. The Balaban J connectivity index is 1.39. The minimum Gasteiger partial charge on any atom is -0.376 e. The summed E-state index contributed by atoms with van der Waals surface area (Å²) < 4.78 is 32.3. The first-order valence-corrected chi connectivity index (χ1v) is 32.1. The number of nitrogens with zero attached hydrogens (tertiary/aromatic N) is 8. The van der Waals surface area contributed by atoms with Gasteiger partial charge in [0.1, 0.15) is 0 Å². The van der Waals surface area contributed by atoms with Crippen LogP contribution < -0.4 is 0 Å². The van der Waals surface area contributed by atoms with Gasteiger partial charge in [-0.1, -0.05) is 128 Å². The largest absolute Gasteiger partial charge is 0.376 e. The predicted octanol–water partition coefficient (Wildman–Crippen LogP) is 12.7. The maximum absolute atomic E-state index is 7.23. The zero-order chi connectivity index (χ0) is 61.7. The van der Waals surface area contributed by atoms with Crippen LogP contribution in [0.3, 0.4) is 0 Å². The van der Waals surface area contributed by atoms with E-state index in [2.05, 4.69) is 241 Å². The second kappa shape index (κ2) is 34.3. The van der Waals surface area contributed by atoms with E-state index in [1.807, 2.05) is 34.2 Å². The highest BCUT2D eigenvalue weighted by Gasteiger charge is 2.29. The van der Waals surface area contributed by atoms with E-state index in [1.54, 1.807) is 0 Å². The van der Waals surface area contributed by atoms with Gasteiger partial charge in [-0.05, 0) is 168 Å². The summed E-state index contributed by atoms with van der Waals surface area (Å²) in [6.07, 6.45) is 13.6. The van der Waals surface area contributed by atoms with E-state index >= 15 is 0 Å². The average Bonchev–Trinajstić information content (AvgIpc) is 4.18. The van der Waals surface area contributed by atoms with E-state index < -0.39 is 0 Å². The number of ether oxygens (including phenoxy) is 4. The van der Waals surface area contributed by atoms with Crippen LogP contribution in [0.1, 0.15) is 170 Å². The molecule has 2 aromatic carbocycles. The fourth-order valence-electron chi connectivity index (χ4n) is 11.2. The molecule has 0 bridgehead atoms. The number of aromatic nitrogens is 4. The first-order valence-electron chi connectivity index (χ1n) is 32.1. The third-order valence-electron chi connectivity index (χ3n) is 15.8. The molecule has 12 heteroatoms. The lowest BCUT2D eigenvalue weighted by molar-refractivity contribution is -0.0536. The Bertz CT molecular complexity index is 2410. The van der Waals surface area contributed by atoms with Crippen molar-refractivity contribution in [3.63, 3.8) is 0 Å². The standard InChI is InChI=1S/C72H116N8O4/c1-53(2)33-65-49-81-57(9)41-75(17)68(36-56(7)8)52-84-70(38-60-23-27-62(28-24-60)44-80-46-64(40-74-80)30-32-72(14,15)16)48-78(20)66(34-54(3)4)50-82-58(10)42-76(18)67(35-55(5)6)51-83-69(47-77(65)19)37-59-21-25-61(26-22-59)43-79-45-63(39-73-79)29-31-71(11,12)13/h21-28,39-40,45-46,53-58,65-70H,33-38,41-44,47-52H2,1-20H3/t57-,58-,65+,66+,67+,68+,69-,70-/m1/s1. The molecular formula is C72H116N8O4. The summed E-state index contributed by atoms with van der Waals surface area (Å²) in [7, 11) is 9.10. The first kappa shape index (κ1) is 70.4. The number of hydrogen-bond acceptors (Lipinski definition) is 10. The van der Waals surface area contributed by atoms with Crippen molar-refractivity contribution in [3.05, 3.63) is 107 Å².